The lowest BCUT2D eigenvalue weighted by Crippen LogP contribution is -2.40. The fourth-order valence-corrected chi connectivity index (χ4v) is 4.62. The maximum atomic E-state index is 13.8. The van der Waals surface area contributed by atoms with Crippen LogP contribution in [-0.4, -0.2) is 44.9 Å². The molecule has 0 bridgehead atoms. The van der Waals surface area contributed by atoms with Crippen molar-refractivity contribution in [3.63, 3.8) is 0 Å². The van der Waals surface area contributed by atoms with E-state index in [0.29, 0.717) is 24.6 Å². The zero-order valence-corrected chi connectivity index (χ0v) is 18.6. The largest absolute Gasteiger partial charge is 0.417 e. The number of alkyl halides is 3. The second kappa shape index (κ2) is 8.38. The van der Waals surface area contributed by atoms with Crippen molar-refractivity contribution in [1.82, 2.24) is 19.9 Å². The number of likely N-dealkylation sites (tertiary alicyclic amines) is 1. The second-order valence-corrected chi connectivity index (χ2v) is 9.19. The second-order valence-electron chi connectivity index (χ2n) is 9.19. The number of nitrogens with one attached hydrogen (secondary N) is 1. The predicted octanol–water partition coefficient (Wildman–Crippen LogP) is 4.97. The van der Waals surface area contributed by atoms with Crippen LogP contribution < -0.4 is 5.32 Å². The van der Waals surface area contributed by atoms with Gasteiger partial charge in [-0.05, 0) is 55.9 Å². The minimum atomic E-state index is -4.43. The van der Waals surface area contributed by atoms with Crippen LogP contribution in [0.3, 0.4) is 0 Å². The van der Waals surface area contributed by atoms with Crippen molar-refractivity contribution in [2.75, 3.05) is 18.4 Å². The van der Waals surface area contributed by atoms with Gasteiger partial charge in [-0.15, -0.1) is 0 Å². The zero-order valence-electron chi connectivity index (χ0n) is 18.6. The number of pyridine rings is 3. The smallest absolute Gasteiger partial charge is 0.368 e. The van der Waals surface area contributed by atoms with Crippen LogP contribution in [0, 0.1) is 12.3 Å². The third-order valence-electron chi connectivity index (χ3n) is 6.65. The van der Waals surface area contributed by atoms with Crippen molar-refractivity contribution >= 4 is 11.7 Å². The van der Waals surface area contributed by atoms with E-state index < -0.39 is 11.7 Å². The predicted molar refractivity (Wildman–Crippen MR) is 121 cm³/mol. The monoisotopic (exact) mass is 467 g/mol. The summed E-state index contributed by atoms with van der Waals surface area (Å²) in [5.74, 6) is 0.209. The molecule has 1 spiro atoms. The summed E-state index contributed by atoms with van der Waals surface area (Å²) in [6.07, 6.45) is 2.78. The molecule has 3 aromatic rings. The molecule has 2 fully saturated rings. The van der Waals surface area contributed by atoms with Gasteiger partial charge in [0, 0.05) is 54.5 Å². The number of carbonyl (C=O) groups excluding carboxylic acids is 1. The fraction of sp³-hybridized carbons (Fsp3) is 0.360. The summed E-state index contributed by atoms with van der Waals surface area (Å²) in [5, 5.41) is 3.12. The Bertz CT molecular complexity index is 1190. The first kappa shape index (κ1) is 22.3. The van der Waals surface area contributed by atoms with Crippen LogP contribution in [-0.2, 0) is 6.18 Å². The Hall–Kier alpha value is -3.49. The van der Waals surface area contributed by atoms with Gasteiger partial charge < -0.3 is 10.2 Å². The molecule has 1 atom stereocenters. The number of amides is 1. The highest BCUT2D eigenvalue weighted by Gasteiger charge is 2.53. The SMILES string of the molecule is Cc1ccc(-c2cccnc2)c(C(=O)N2CC3(CC3)C[C@H]2CNc2ccc(C(F)(F)F)cn2)n1. The normalized spacial score (nSPS) is 18.8. The van der Waals surface area contributed by atoms with Crippen LogP contribution >= 0.6 is 0 Å². The molecule has 0 radical (unpaired) electrons. The lowest BCUT2D eigenvalue weighted by atomic mass is 10.0. The number of anilines is 1. The molecular formula is C25H24F3N5O. The van der Waals surface area contributed by atoms with Crippen LogP contribution in [0.5, 0.6) is 0 Å². The van der Waals surface area contributed by atoms with Gasteiger partial charge in [0.25, 0.3) is 5.91 Å². The highest BCUT2D eigenvalue weighted by atomic mass is 19.4. The van der Waals surface area contributed by atoms with E-state index in [9.17, 15) is 18.0 Å². The molecule has 1 aliphatic carbocycles. The first-order chi connectivity index (χ1) is 16.2. The summed E-state index contributed by atoms with van der Waals surface area (Å²) in [6, 6.07) is 9.71. The lowest BCUT2D eigenvalue weighted by Gasteiger charge is -2.26. The summed E-state index contributed by atoms with van der Waals surface area (Å²) in [4.78, 5) is 28.3. The highest BCUT2D eigenvalue weighted by molar-refractivity contribution is 5.99. The van der Waals surface area contributed by atoms with Gasteiger partial charge in [0.05, 0.1) is 5.56 Å². The maximum Gasteiger partial charge on any atom is 0.417 e. The van der Waals surface area contributed by atoms with Crippen LogP contribution in [0.4, 0.5) is 19.0 Å². The summed E-state index contributed by atoms with van der Waals surface area (Å²) >= 11 is 0. The zero-order chi connectivity index (χ0) is 23.9. The quantitative estimate of drug-likeness (QED) is 0.574. The third kappa shape index (κ3) is 4.47. The molecule has 1 aliphatic heterocycles. The molecule has 5 rings (SSSR count). The lowest BCUT2D eigenvalue weighted by molar-refractivity contribution is -0.137. The topological polar surface area (TPSA) is 71.0 Å². The molecule has 1 saturated heterocycles. The number of hydrogen-bond donors (Lipinski definition) is 1. The first-order valence-electron chi connectivity index (χ1n) is 11.2. The Balaban J connectivity index is 1.37. The number of aromatic nitrogens is 3. The molecular weight excluding hydrogens is 443 g/mol. The van der Waals surface area contributed by atoms with Gasteiger partial charge in [-0.1, -0.05) is 12.1 Å². The van der Waals surface area contributed by atoms with Crippen molar-refractivity contribution < 1.29 is 18.0 Å². The van der Waals surface area contributed by atoms with E-state index in [1.165, 1.54) is 6.07 Å². The van der Waals surface area contributed by atoms with Gasteiger partial charge in [-0.2, -0.15) is 13.2 Å². The number of carbonyl (C=O) groups is 1. The summed E-state index contributed by atoms with van der Waals surface area (Å²) in [5.41, 5.74) is 2.04. The van der Waals surface area contributed by atoms with Gasteiger partial charge >= 0.3 is 6.18 Å². The van der Waals surface area contributed by atoms with Gasteiger partial charge in [0.1, 0.15) is 11.5 Å². The number of hydrogen-bond acceptors (Lipinski definition) is 5. The van der Waals surface area contributed by atoms with Crippen molar-refractivity contribution in [1.29, 1.82) is 0 Å². The average molecular weight is 467 g/mol. The van der Waals surface area contributed by atoms with E-state index in [0.717, 1.165) is 48.3 Å². The number of rotatable bonds is 5. The van der Waals surface area contributed by atoms with E-state index in [-0.39, 0.29) is 17.4 Å². The fourth-order valence-electron chi connectivity index (χ4n) is 4.62. The Labute approximate surface area is 195 Å². The molecule has 0 unspecified atom stereocenters. The molecule has 1 amide bonds. The summed E-state index contributed by atoms with van der Waals surface area (Å²) < 4.78 is 38.4. The Kier molecular flexibility index (Phi) is 5.50. The minimum Gasteiger partial charge on any atom is -0.368 e. The van der Waals surface area contributed by atoms with Crippen LogP contribution in [0.15, 0.2) is 55.0 Å². The Morgan fingerprint density at radius 2 is 2.00 bits per heavy atom. The van der Waals surface area contributed by atoms with E-state index in [1.54, 1.807) is 12.4 Å². The van der Waals surface area contributed by atoms with E-state index >= 15 is 0 Å². The standard InChI is InChI=1S/C25H24F3N5O/c1-16-4-6-20(17-3-2-10-29-12-17)22(32-16)23(34)33-15-24(8-9-24)11-19(33)14-31-21-7-5-18(13-30-21)25(26,27)28/h2-7,10,12-13,19H,8-9,11,14-15H2,1H3,(H,30,31)/t19-/m0/s1. The average Bonchev–Trinajstić information content (AvgIpc) is 3.48. The molecule has 6 nitrogen and oxygen atoms in total. The van der Waals surface area contributed by atoms with Gasteiger partial charge in [0.15, 0.2) is 0 Å². The van der Waals surface area contributed by atoms with Crippen LogP contribution in [0.25, 0.3) is 11.1 Å². The minimum absolute atomic E-state index is 0.108. The summed E-state index contributed by atoms with van der Waals surface area (Å²) in [6.45, 7) is 2.91. The van der Waals surface area contributed by atoms with E-state index in [1.807, 2.05) is 36.1 Å². The Morgan fingerprint density at radius 1 is 1.18 bits per heavy atom. The third-order valence-corrected chi connectivity index (χ3v) is 6.65. The number of halogens is 3. The number of nitrogens with zero attached hydrogens (tertiary/aromatic N) is 4. The number of aryl methyl sites for hydroxylation is 1. The van der Waals surface area contributed by atoms with E-state index in [4.69, 9.17) is 0 Å². The molecule has 1 N–H and O–H groups in total. The van der Waals surface area contributed by atoms with Crippen molar-refractivity contribution in [2.45, 2.75) is 38.4 Å². The first-order valence-corrected chi connectivity index (χ1v) is 11.2. The van der Waals surface area contributed by atoms with E-state index in [2.05, 4.69) is 20.3 Å². The van der Waals surface area contributed by atoms with Crippen molar-refractivity contribution in [3.05, 3.63) is 71.9 Å². The molecule has 1 saturated carbocycles. The molecule has 9 heteroatoms. The summed E-state index contributed by atoms with van der Waals surface area (Å²) in [7, 11) is 0. The van der Waals surface area contributed by atoms with Gasteiger partial charge in [0.2, 0.25) is 0 Å². The molecule has 2 aliphatic rings. The molecule has 0 aromatic carbocycles. The van der Waals surface area contributed by atoms with Crippen molar-refractivity contribution in [3.8, 4) is 11.1 Å². The molecule has 176 valence electrons. The van der Waals surface area contributed by atoms with Crippen LogP contribution in [0.2, 0.25) is 0 Å². The van der Waals surface area contributed by atoms with Crippen LogP contribution in [0.1, 0.15) is 41.0 Å². The highest BCUT2D eigenvalue weighted by Crippen LogP contribution is 2.55. The Morgan fingerprint density at radius 3 is 2.65 bits per heavy atom. The van der Waals surface area contributed by atoms with Crippen molar-refractivity contribution in [2.24, 2.45) is 5.41 Å². The molecule has 34 heavy (non-hydrogen) atoms. The molecule has 4 heterocycles. The maximum absolute atomic E-state index is 13.8. The molecule has 3 aromatic heterocycles. The van der Waals surface area contributed by atoms with Gasteiger partial charge in [-0.25, -0.2) is 9.97 Å². The van der Waals surface area contributed by atoms with Gasteiger partial charge in [-0.3, -0.25) is 9.78 Å².